The summed E-state index contributed by atoms with van der Waals surface area (Å²) in [5, 5.41) is 5.33. The normalized spacial score (nSPS) is 11.6. The van der Waals surface area contributed by atoms with Crippen molar-refractivity contribution in [3.63, 3.8) is 0 Å². The van der Waals surface area contributed by atoms with Gasteiger partial charge in [0.05, 0.1) is 0 Å². The van der Waals surface area contributed by atoms with Crippen LogP contribution in [0.25, 0.3) is 0 Å². The van der Waals surface area contributed by atoms with Crippen molar-refractivity contribution in [3.05, 3.63) is 23.2 Å². The van der Waals surface area contributed by atoms with E-state index in [0.29, 0.717) is 5.02 Å². The molecule has 0 aromatic heterocycles. The molecule has 0 spiro atoms. The summed E-state index contributed by atoms with van der Waals surface area (Å²) in [4.78, 5) is 0.0499. The van der Waals surface area contributed by atoms with E-state index in [0.717, 1.165) is 4.35 Å². The topological polar surface area (TPSA) is 60.2 Å². The number of halogens is 1. The quantitative estimate of drug-likeness (QED) is 0.681. The van der Waals surface area contributed by atoms with Gasteiger partial charge in [0.2, 0.25) is 0 Å². The second-order valence-corrected chi connectivity index (χ2v) is 5.50. The maximum absolute atomic E-state index is 10.8. The Hall–Kier alpha value is -0.0216. The molecule has 1 aromatic carbocycles. The molecule has 12 heavy (non-hydrogen) atoms. The van der Waals surface area contributed by atoms with Gasteiger partial charge in [-0.15, -0.1) is 0 Å². The van der Waals surface area contributed by atoms with E-state index in [2.05, 4.69) is 0 Å². The van der Waals surface area contributed by atoms with Crippen molar-refractivity contribution in [2.45, 2.75) is 4.90 Å². The van der Waals surface area contributed by atoms with Crippen LogP contribution in [0.3, 0.4) is 0 Å². The average Bonchev–Trinajstić information content (AvgIpc) is 1.92. The van der Waals surface area contributed by atoms with Crippen molar-refractivity contribution in [3.8, 4) is 0 Å². The fourth-order valence-electron chi connectivity index (χ4n) is 0.685. The Labute approximate surface area is 84.5 Å². The van der Waals surface area contributed by atoms with Crippen molar-refractivity contribution in [2.24, 2.45) is 5.14 Å². The third-order valence-corrected chi connectivity index (χ3v) is 3.98. The Morgan fingerprint density at radius 3 is 2.42 bits per heavy atom. The van der Waals surface area contributed by atoms with Gasteiger partial charge in [-0.05, 0) is 0 Å². The zero-order valence-corrected chi connectivity index (χ0v) is 9.98. The van der Waals surface area contributed by atoms with Gasteiger partial charge in [-0.1, -0.05) is 0 Å². The molecule has 0 aliphatic carbocycles. The predicted octanol–water partition coefficient (Wildman–Crippen LogP) is -0.754. The van der Waals surface area contributed by atoms with Crippen LogP contribution in [0.4, 0.5) is 0 Å². The van der Waals surface area contributed by atoms with E-state index < -0.39 is 10.0 Å². The van der Waals surface area contributed by atoms with Crippen LogP contribution in [0, 0.1) is 0 Å². The van der Waals surface area contributed by atoms with Gasteiger partial charge in [0.15, 0.2) is 0 Å². The van der Waals surface area contributed by atoms with Gasteiger partial charge in [0, 0.05) is 0 Å². The van der Waals surface area contributed by atoms with Gasteiger partial charge in [0.25, 0.3) is 0 Å². The van der Waals surface area contributed by atoms with Crippen molar-refractivity contribution in [2.75, 3.05) is 0 Å². The van der Waals surface area contributed by atoms with Crippen LogP contribution in [0.5, 0.6) is 0 Å². The van der Waals surface area contributed by atoms with Crippen molar-refractivity contribution in [1.82, 2.24) is 0 Å². The van der Waals surface area contributed by atoms with Crippen LogP contribution in [0.15, 0.2) is 23.1 Å². The van der Waals surface area contributed by atoms with Gasteiger partial charge >= 0.3 is 84.5 Å². The van der Waals surface area contributed by atoms with Crippen molar-refractivity contribution in [1.29, 1.82) is 0 Å². The van der Waals surface area contributed by atoms with Crippen LogP contribution in [-0.2, 0) is 10.0 Å². The van der Waals surface area contributed by atoms with Gasteiger partial charge in [-0.2, -0.15) is 0 Å². The number of hydrogen-bond acceptors (Lipinski definition) is 2. The summed E-state index contributed by atoms with van der Waals surface area (Å²) < 4.78 is 22.5. The molecule has 0 aliphatic heterocycles. The molecule has 66 valence electrons. The van der Waals surface area contributed by atoms with E-state index in [-0.39, 0.29) is 4.90 Å². The molecule has 0 amide bonds. The monoisotopic (exact) mass is 267 g/mol. The molecule has 0 aliphatic rings. The summed E-state index contributed by atoms with van der Waals surface area (Å²) in [5.74, 6) is 0. The van der Waals surface area contributed by atoms with Gasteiger partial charge in [-0.3, -0.25) is 0 Å². The number of rotatable bonds is 1. The average molecular weight is 268 g/mol. The number of primary sulfonamides is 1. The fraction of sp³-hybridized carbons (Fsp3) is 0. The number of hydrogen-bond donors (Lipinski definition) is 1. The number of benzene rings is 1. The third-order valence-electron chi connectivity index (χ3n) is 1.30. The first-order valence-corrected chi connectivity index (χ1v) is 6.12. The first-order valence-electron chi connectivity index (χ1n) is 2.99. The summed E-state index contributed by atoms with van der Waals surface area (Å²) >= 11 is 7.06. The number of nitrogens with two attached hydrogens (primary N) is 1. The molecule has 1 unspecified atom stereocenters. The predicted molar refractivity (Wildman–Crippen MR) is 51.0 cm³/mol. The zero-order valence-electron chi connectivity index (χ0n) is 5.99. The van der Waals surface area contributed by atoms with Crippen LogP contribution >= 0.6 is 11.6 Å². The van der Waals surface area contributed by atoms with Crippen LogP contribution in [-0.4, -0.2) is 25.3 Å². The maximum atomic E-state index is 10.8. The molecule has 0 radical (unpaired) electrons. The molecule has 0 heterocycles. The molecule has 1 atom stereocenters. The van der Waals surface area contributed by atoms with Crippen LogP contribution < -0.4 is 9.49 Å². The summed E-state index contributed by atoms with van der Waals surface area (Å²) in [6.07, 6.45) is 0. The van der Waals surface area contributed by atoms with E-state index in [4.69, 9.17) is 16.7 Å². The summed E-state index contributed by atoms with van der Waals surface area (Å²) in [7, 11) is -3.62. The molecule has 1 aromatic rings. The SMILES string of the molecule is NS(=O)(=O)c1ccc([AsH2])c(Cl)c1. The van der Waals surface area contributed by atoms with E-state index in [1.54, 1.807) is 6.07 Å². The zero-order chi connectivity index (χ0) is 9.35. The molecule has 1 rings (SSSR count). The van der Waals surface area contributed by atoms with Crippen molar-refractivity contribution >= 4 is 42.8 Å². The minimum atomic E-state index is -3.62. The summed E-state index contributed by atoms with van der Waals surface area (Å²) in [6, 6.07) is 4.44. The van der Waals surface area contributed by atoms with Gasteiger partial charge in [-0.25, -0.2) is 0 Å². The second-order valence-electron chi connectivity index (χ2n) is 2.23. The molecule has 0 bridgehead atoms. The van der Waals surface area contributed by atoms with Crippen LogP contribution in [0.2, 0.25) is 5.02 Å². The van der Waals surface area contributed by atoms with E-state index in [9.17, 15) is 8.42 Å². The summed E-state index contributed by atoms with van der Waals surface area (Å²) in [6.45, 7) is 0. The standard InChI is InChI=1S/C6H7AsClNO2S/c7-5-2-1-4(3-6(5)8)12(9,10)11/h1-3H,7H2,(H2,9,10,11). The Morgan fingerprint density at radius 1 is 1.42 bits per heavy atom. The van der Waals surface area contributed by atoms with Gasteiger partial charge in [0.1, 0.15) is 0 Å². The van der Waals surface area contributed by atoms with Gasteiger partial charge < -0.3 is 0 Å². The summed E-state index contributed by atoms with van der Waals surface area (Å²) in [5.41, 5.74) is 0. The molecule has 2 N–H and O–H groups in total. The Bertz CT molecular complexity index is 404. The molecule has 0 saturated heterocycles. The van der Waals surface area contributed by atoms with E-state index in [1.165, 1.54) is 29.0 Å². The number of sulfonamides is 1. The molecule has 0 saturated carbocycles. The first kappa shape index (κ1) is 10.1. The molecule has 0 fully saturated rings. The molecule has 6 heteroatoms. The molecular formula is C6H7AsClNO2S. The molecular weight excluding hydrogens is 261 g/mol. The van der Waals surface area contributed by atoms with Crippen LogP contribution in [0.1, 0.15) is 0 Å². The van der Waals surface area contributed by atoms with E-state index in [1.807, 2.05) is 0 Å². The molecule has 3 nitrogen and oxygen atoms in total. The first-order chi connectivity index (χ1) is 5.41. The third kappa shape index (κ3) is 2.23. The van der Waals surface area contributed by atoms with E-state index >= 15 is 0 Å². The van der Waals surface area contributed by atoms with Crippen molar-refractivity contribution < 1.29 is 8.42 Å². The fourth-order valence-corrected chi connectivity index (χ4v) is 1.85. The minimum absolute atomic E-state index is 0.0499. The Balaban J connectivity index is 3.33. The Morgan fingerprint density at radius 2 is 2.00 bits per heavy atom. The second kappa shape index (κ2) is 3.38. The Kier molecular flexibility index (Phi) is 2.84.